The van der Waals surface area contributed by atoms with Crippen molar-refractivity contribution >= 4 is 10.1 Å². The van der Waals surface area contributed by atoms with Crippen molar-refractivity contribution in [2.75, 3.05) is 0 Å². The molecule has 5 heteroatoms. The summed E-state index contributed by atoms with van der Waals surface area (Å²) < 4.78 is 26.8. The van der Waals surface area contributed by atoms with E-state index >= 15 is 0 Å². The zero-order valence-electron chi connectivity index (χ0n) is 3.27. The predicted octanol–water partition coefficient (Wildman–Crippen LogP) is -0.0966. The average Bonchev–Trinajstić information content (AvgIpc) is 1.30. The van der Waals surface area contributed by atoms with E-state index in [2.05, 4.69) is 0 Å². The van der Waals surface area contributed by atoms with Crippen molar-refractivity contribution in [3.8, 4) is 0 Å². The van der Waals surface area contributed by atoms with Crippen LogP contribution in [0.25, 0.3) is 0 Å². The molecule has 0 spiro atoms. The van der Waals surface area contributed by atoms with Crippen molar-refractivity contribution in [1.29, 1.82) is 0 Å². The minimum atomic E-state index is -4.10. The molecule has 0 rings (SSSR count). The molecular weight excluding hydrogens is 120 g/mol. The van der Waals surface area contributed by atoms with Gasteiger partial charge >= 0.3 is 0 Å². The second kappa shape index (κ2) is 1.94. The number of aliphatic hydroxyl groups is 1. The molecule has 0 aliphatic rings. The molecule has 0 saturated carbocycles. The van der Waals surface area contributed by atoms with Crippen LogP contribution in [0, 0.1) is 0 Å². The van der Waals surface area contributed by atoms with E-state index in [1.165, 1.54) is 0 Å². The zero-order chi connectivity index (χ0) is 5.91. The lowest BCUT2D eigenvalue weighted by molar-refractivity contribution is 0.467. The van der Waals surface area contributed by atoms with E-state index in [0.29, 0.717) is 0 Å². The molecule has 0 aliphatic heterocycles. The summed E-state index contributed by atoms with van der Waals surface area (Å²) in [6.45, 7) is 0. The van der Waals surface area contributed by atoms with Crippen molar-refractivity contribution in [3.63, 3.8) is 0 Å². The lowest BCUT2D eigenvalue weighted by atomic mass is 11.2. The van der Waals surface area contributed by atoms with E-state index in [4.69, 9.17) is 9.66 Å². The third kappa shape index (κ3) is 5.45. The van der Waals surface area contributed by atoms with Crippen molar-refractivity contribution in [1.82, 2.24) is 0 Å². The lowest BCUT2D eigenvalue weighted by Crippen LogP contribution is -1.88. The summed E-state index contributed by atoms with van der Waals surface area (Å²) in [6, 6.07) is 0. The van der Waals surface area contributed by atoms with Gasteiger partial charge in [0.15, 0.2) is 0 Å². The minimum Gasteiger partial charge on any atom is -0.515 e. The first-order valence-corrected chi connectivity index (χ1v) is 2.85. The number of rotatable bonds is 1. The van der Waals surface area contributed by atoms with Gasteiger partial charge in [0.25, 0.3) is 10.1 Å². The third-order valence-corrected chi connectivity index (χ3v) is 0.698. The minimum absolute atomic E-state index is 0.245. The monoisotopic (exact) mass is 124 g/mol. The second-order valence-corrected chi connectivity index (χ2v) is 2.10. The quantitative estimate of drug-likeness (QED) is 0.378. The number of aliphatic hydroxyl groups excluding tert-OH is 1. The maximum absolute atomic E-state index is 9.54. The summed E-state index contributed by atoms with van der Waals surface area (Å²) in [4.78, 5) is 0. The Morgan fingerprint density at radius 1 is 1.43 bits per heavy atom. The van der Waals surface area contributed by atoms with E-state index in [1.807, 2.05) is 0 Å². The van der Waals surface area contributed by atoms with E-state index in [-0.39, 0.29) is 11.7 Å². The van der Waals surface area contributed by atoms with Crippen molar-refractivity contribution in [3.05, 3.63) is 11.7 Å². The van der Waals surface area contributed by atoms with Crippen LogP contribution in [0.1, 0.15) is 0 Å². The summed E-state index contributed by atoms with van der Waals surface area (Å²) in [7, 11) is -4.10. The fourth-order valence-corrected chi connectivity index (χ4v) is 0.231. The smallest absolute Gasteiger partial charge is 0.290 e. The summed E-state index contributed by atoms with van der Waals surface area (Å²) >= 11 is 0. The van der Waals surface area contributed by atoms with Crippen molar-refractivity contribution in [2.24, 2.45) is 0 Å². The molecule has 0 heterocycles. The molecule has 2 N–H and O–H groups in total. The van der Waals surface area contributed by atoms with Crippen LogP contribution in [-0.2, 0) is 10.1 Å². The maximum atomic E-state index is 9.54. The molecule has 0 unspecified atom stereocenters. The highest BCUT2D eigenvalue weighted by Gasteiger charge is 1.91. The van der Waals surface area contributed by atoms with Gasteiger partial charge in [0.1, 0.15) is 0 Å². The zero-order valence-corrected chi connectivity index (χ0v) is 4.09. The van der Waals surface area contributed by atoms with Crippen LogP contribution in [0.4, 0.5) is 0 Å². The highest BCUT2D eigenvalue weighted by molar-refractivity contribution is 7.88. The Labute approximate surface area is 40.8 Å². The molecule has 0 atom stereocenters. The highest BCUT2D eigenvalue weighted by atomic mass is 32.2. The first-order chi connectivity index (χ1) is 3.06. The van der Waals surface area contributed by atoms with Crippen LogP contribution in [0.5, 0.6) is 0 Å². The van der Waals surface area contributed by atoms with Gasteiger partial charge in [0.2, 0.25) is 0 Å². The highest BCUT2D eigenvalue weighted by Crippen LogP contribution is 1.79. The lowest BCUT2D eigenvalue weighted by Gasteiger charge is -1.76. The Kier molecular flexibility index (Phi) is 1.79. The largest absolute Gasteiger partial charge is 0.515 e. The summed E-state index contributed by atoms with van der Waals surface area (Å²) in [6.07, 6.45) is 0.245. The molecule has 42 valence electrons. The first kappa shape index (κ1) is 6.45. The fourth-order valence-electron chi connectivity index (χ4n) is 0.0769. The molecule has 0 aromatic rings. The molecule has 4 nitrogen and oxygen atoms in total. The molecule has 0 aromatic carbocycles. The first-order valence-electron chi connectivity index (χ1n) is 1.34. The molecule has 0 aromatic heterocycles. The number of hydrogen-bond acceptors (Lipinski definition) is 3. The Bertz CT molecular complexity index is 153. The van der Waals surface area contributed by atoms with Crippen molar-refractivity contribution < 1.29 is 18.1 Å². The Hall–Kier alpha value is -0.550. The van der Waals surface area contributed by atoms with Gasteiger partial charge in [-0.25, -0.2) is 0 Å². The van der Waals surface area contributed by atoms with Crippen LogP contribution >= 0.6 is 0 Å². The molecule has 0 amide bonds. The van der Waals surface area contributed by atoms with Gasteiger partial charge in [0, 0.05) is 0 Å². The molecule has 0 radical (unpaired) electrons. The van der Waals surface area contributed by atoms with Gasteiger partial charge in [-0.2, -0.15) is 8.42 Å². The molecule has 7 heavy (non-hydrogen) atoms. The Morgan fingerprint density at radius 2 is 1.86 bits per heavy atom. The molecule has 0 aliphatic carbocycles. The molecular formula is C2H4O4S. The van der Waals surface area contributed by atoms with Gasteiger partial charge in [-0.05, 0) is 0 Å². The van der Waals surface area contributed by atoms with Crippen molar-refractivity contribution in [2.45, 2.75) is 0 Å². The summed E-state index contributed by atoms with van der Waals surface area (Å²) in [5.41, 5.74) is 0. The van der Waals surface area contributed by atoms with Gasteiger partial charge in [-0.1, -0.05) is 0 Å². The van der Waals surface area contributed by atoms with Gasteiger partial charge in [-0.15, -0.1) is 0 Å². The molecule has 0 bridgehead atoms. The van der Waals surface area contributed by atoms with Crippen LogP contribution < -0.4 is 0 Å². The maximum Gasteiger partial charge on any atom is 0.290 e. The van der Waals surface area contributed by atoms with E-state index in [0.717, 1.165) is 0 Å². The second-order valence-electron chi connectivity index (χ2n) is 0.800. The average molecular weight is 124 g/mol. The summed E-state index contributed by atoms with van der Waals surface area (Å²) in [5.74, 6) is 0. The van der Waals surface area contributed by atoms with Gasteiger partial charge in [0.05, 0.1) is 11.7 Å². The molecule has 0 fully saturated rings. The van der Waals surface area contributed by atoms with E-state index < -0.39 is 10.1 Å². The normalized spacial score (nSPS) is 12.7. The molecule has 0 saturated heterocycles. The van der Waals surface area contributed by atoms with E-state index in [9.17, 15) is 8.42 Å². The van der Waals surface area contributed by atoms with Crippen LogP contribution in [0.3, 0.4) is 0 Å². The SMILES string of the molecule is O=S(=O)(O)C=CO. The van der Waals surface area contributed by atoms with Gasteiger partial charge < -0.3 is 5.11 Å². The van der Waals surface area contributed by atoms with Crippen LogP contribution in [-0.4, -0.2) is 18.1 Å². The Morgan fingerprint density at radius 3 is 1.86 bits per heavy atom. The van der Waals surface area contributed by atoms with E-state index in [1.54, 1.807) is 0 Å². The number of hydrogen-bond donors (Lipinski definition) is 2. The third-order valence-electron chi connectivity index (χ3n) is 0.233. The van der Waals surface area contributed by atoms with Gasteiger partial charge in [-0.3, -0.25) is 4.55 Å². The predicted molar refractivity (Wildman–Crippen MR) is 23.3 cm³/mol. The van der Waals surface area contributed by atoms with Crippen LogP contribution in [0.2, 0.25) is 0 Å². The topological polar surface area (TPSA) is 74.6 Å². The summed E-state index contributed by atoms with van der Waals surface area (Å²) in [5, 5.41) is 7.95. The fraction of sp³-hybridized carbons (Fsp3) is 0. The van der Waals surface area contributed by atoms with Crippen LogP contribution in [0.15, 0.2) is 11.7 Å². The Balaban J connectivity index is 4.13. The standard InChI is InChI=1S/C2H4O4S/c3-1-2-7(4,5)6/h1-3H,(H,4,5,6).